The highest BCUT2D eigenvalue weighted by molar-refractivity contribution is 5.58. The van der Waals surface area contributed by atoms with E-state index in [4.69, 9.17) is 5.10 Å². The van der Waals surface area contributed by atoms with Crippen LogP contribution in [0.4, 0.5) is 5.82 Å². The first kappa shape index (κ1) is 17.5. The lowest BCUT2D eigenvalue weighted by Crippen LogP contribution is -2.34. The third-order valence-electron chi connectivity index (χ3n) is 6.10. The number of piperidine rings is 1. The van der Waals surface area contributed by atoms with E-state index in [1.165, 1.54) is 47.6 Å². The number of hydrogen-bond donors (Lipinski definition) is 1. The van der Waals surface area contributed by atoms with Gasteiger partial charge in [-0.25, -0.2) is 4.68 Å². The lowest BCUT2D eigenvalue weighted by Gasteiger charge is -2.32. The van der Waals surface area contributed by atoms with Gasteiger partial charge in [-0.15, -0.1) is 0 Å². The Labute approximate surface area is 167 Å². The van der Waals surface area contributed by atoms with Crippen LogP contribution >= 0.6 is 0 Å². The van der Waals surface area contributed by atoms with E-state index in [0.29, 0.717) is 5.92 Å². The molecule has 1 aromatic heterocycles. The molecule has 0 saturated carbocycles. The van der Waals surface area contributed by atoms with Crippen molar-refractivity contribution < 1.29 is 0 Å². The van der Waals surface area contributed by atoms with Crippen molar-refractivity contribution in [2.45, 2.75) is 38.6 Å². The molecule has 1 N–H and O–H groups in total. The predicted octanol–water partition coefficient (Wildman–Crippen LogP) is 4.53. The van der Waals surface area contributed by atoms with Crippen LogP contribution in [-0.4, -0.2) is 34.3 Å². The summed E-state index contributed by atoms with van der Waals surface area (Å²) in [5.41, 5.74) is 6.59. The van der Waals surface area contributed by atoms with E-state index < -0.39 is 0 Å². The Morgan fingerprint density at radius 2 is 1.89 bits per heavy atom. The average Bonchev–Trinajstić information content (AvgIpc) is 3.33. The number of aryl methyl sites for hydroxylation is 1. The molecule has 1 unspecified atom stereocenters. The van der Waals surface area contributed by atoms with E-state index in [1.807, 2.05) is 0 Å². The molecule has 28 heavy (non-hydrogen) atoms. The lowest BCUT2D eigenvalue weighted by molar-refractivity contribution is 0.198. The molecular formula is C24H28N4. The zero-order chi connectivity index (χ0) is 18.9. The third kappa shape index (κ3) is 3.33. The first-order valence-electron chi connectivity index (χ1n) is 10.5. The maximum absolute atomic E-state index is 5.12. The number of likely N-dealkylation sites (tertiary alicyclic amines) is 1. The highest BCUT2D eigenvalue weighted by atomic mass is 15.3. The van der Waals surface area contributed by atoms with Crippen LogP contribution in [0.15, 0.2) is 54.6 Å². The maximum atomic E-state index is 5.12. The van der Waals surface area contributed by atoms with Gasteiger partial charge in [0.15, 0.2) is 0 Å². The van der Waals surface area contributed by atoms with Gasteiger partial charge in [-0.05, 0) is 50.4 Å². The van der Waals surface area contributed by atoms with Gasteiger partial charge in [0, 0.05) is 31.1 Å². The second-order valence-corrected chi connectivity index (χ2v) is 8.20. The SMILES string of the molecule is Cc1ccc(-n2nc(C3CCCN(Cc4ccccc4)C3)c3c2NCC3)cc1. The normalized spacial score (nSPS) is 19.4. The number of aromatic nitrogens is 2. The molecule has 0 bridgehead atoms. The van der Waals surface area contributed by atoms with Crippen molar-refractivity contribution in [3.63, 3.8) is 0 Å². The quantitative estimate of drug-likeness (QED) is 0.730. The van der Waals surface area contributed by atoms with Crippen molar-refractivity contribution >= 4 is 5.82 Å². The third-order valence-corrected chi connectivity index (χ3v) is 6.10. The Morgan fingerprint density at radius 1 is 1.07 bits per heavy atom. The first-order chi connectivity index (χ1) is 13.8. The van der Waals surface area contributed by atoms with Crippen LogP contribution in [-0.2, 0) is 13.0 Å². The summed E-state index contributed by atoms with van der Waals surface area (Å²) >= 11 is 0. The molecule has 1 atom stereocenters. The fraction of sp³-hybridized carbons (Fsp3) is 0.375. The van der Waals surface area contributed by atoms with E-state index in [9.17, 15) is 0 Å². The van der Waals surface area contributed by atoms with Crippen LogP contribution < -0.4 is 5.32 Å². The molecule has 2 aromatic carbocycles. The molecule has 0 spiro atoms. The number of nitrogens with zero attached hydrogens (tertiary/aromatic N) is 3. The Balaban J connectivity index is 1.41. The van der Waals surface area contributed by atoms with Gasteiger partial charge in [-0.1, -0.05) is 48.0 Å². The van der Waals surface area contributed by atoms with Gasteiger partial charge >= 0.3 is 0 Å². The molecule has 4 nitrogen and oxygen atoms in total. The number of rotatable bonds is 4. The number of benzene rings is 2. The van der Waals surface area contributed by atoms with Gasteiger partial charge in [0.05, 0.1) is 11.4 Å². The number of nitrogens with one attached hydrogen (secondary N) is 1. The van der Waals surface area contributed by atoms with E-state index in [1.54, 1.807) is 0 Å². The Hall–Kier alpha value is -2.59. The van der Waals surface area contributed by atoms with Crippen molar-refractivity contribution in [1.82, 2.24) is 14.7 Å². The van der Waals surface area contributed by atoms with Crippen LogP contribution in [0.3, 0.4) is 0 Å². The minimum atomic E-state index is 0.526. The zero-order valence-electron chi connectivity index (χ0n) is 16.6. The molecule has 2 aliphatic heterocycles. The molecule has 5 rings (SSSR count). The Morgan fingerprint density at radius 3 is 2.71 bits per heavy atom. The van der Waals surface area contributed by atoms with Crippen LogP contribution in [0, 0.1) is 6.92 Å². The molecule has 1 saturated heterocycles. The summed E-state index contributed by atoms with van der Waals surface area (Å²) in [5.74, 6) is 1.73. The highest BCUT2D eigenvalue weighted by Crippen LogP contribution is 2.36. The van der Waals surface area contributed by atoms with Crippen molar-refractivity contribution in [1.29, 1.82) is 0 Å². The summed E-state index contributed by atoms with van der Waals surface area (Å²) in [5, 5.41) is 8.70. The fourth-order valence-corrected chi connectivity index (χ4v) is 4.67. The molecule has 1 fully saturated rings. The maximum Gasteiger partial charge on any atom is 0.133 e. The Bertz CT molecular complexity index is 943. The molecule has 3 heterocycles. The van der Waals surface area contributed by atoms with Gasteiger partial charge in [0.1, 0.15) is 5.82 Å². The van der Waals surface area contributed by atoms with Gasteiger partial charge in [-0.3, -0.25) is 4.90 Å². The summed E-state index contributed by atoms with van der Waals surface area (Å²) in [6.07, 6.45) is 3.57. The summed E-state index contributed by atoms with van der Waals surface area (Å²) in [4.78, 5) is 2.60. The minimum absolute atomic E-state index is 0.526. The standard InChI is InChI=1S/C24H28N4/c1-18-9-11-21(12-10-18)28-24-22(13-14-25-24)23(26-28)20-8-5-15-27(17-20)16-19-6-3-2-4-7-19/h2-4,6-7,9-12,20,25H,5,8,13-17H2,1H3. The smallest absolute Gasteiger partial charge is 0.133 e. The number of fused-ring (bicyclic) bond motifs is 1. The number of hydrogen-bond acceptors (Lipinski definition) is 3. The number of anilines is 1. The predicted molar refractivity (Wildman–Crippen MR) is 114 cm³/mol. The van der Waals surface area contributed by atoms with E-state index >= 15 is 0 Å². The molecule has 4 heteroatoms. The van der Waals surface area contributed by atoms with Crippen LogP contribution in [0.5, 0.6) is 0 Å². The molecule has 0 amide bonds. The molecule has 0 aliphatic carbocycles. The summed E-state index contributed by atoms with van der Waals surface area (Å²) in [6, 6.07) is 19.5. The van der Waals surface area contributed by atoms with Crippen LogP contribution in [0.1, 0.15) is 41.1 Å². The van der Waals surface area contributed by atoms with Crippen molar-refractivity contribution in [2.75, 3.05) is 25.0 Å². The van der Waals surface area contributed by atoms with E-state index in [2.05, 4.69) is 76.4 Å². The summed E-state index contributed by atoms with van der Waals surface area (Å²) in [7, 11) is 0. The van der Waals surface area contributed by atoms with Crippen molar-refractivity contribution in [3.05, 3.63) is 77.0 Å². The molecule has 144 valence electrons. The second kappa shape index (κ2) is 7.44. The lowest BCUT2D eigenvalue weighted by atomic mass is 9.91. The van der Waals surface area contributed by atoms with Crippen LogP contribution in [0.25, 0.3) is 5.69 Å². The fourth-order valence-electron chi connectivity index (χ4n) is 4.67. The van der Waals surface area contributed by atoms with Crippen molar-refractivity contribution in [3.8, 4) is 5.69 Å². The highest BCUT2D eigenvalue weighted by Gasteiger charge is 2.30. The topological polar surface area (TPSA) is 33.1 Å². The molecule has 2 aliphatic rings. The zero-order valence-corrected chi connectivity index (χ0v) is 16.6. The van der Waals surface area contributed by atoms with Crippen LogP contribution in [0.2, 0.25) is 0 Å². The van der Waals surface area contributed by atoms with E-state index in [0.717, 1.165) is 31.7 Å². The summed E-state index contributed by atoms with van der Waals surface area (Å²) < 4.78 is 2.13. The molecular weight excluding hydrogens is 344 g/mol. The van der Waals surface area contributed by atoms with Gasteiger partial charge in [0.2, 0.25) is 0 Å². The molecule has 3 aromatic rings. The second-order valence-electron chi connectivity index (χ2n) is 8.20. The van der Waals surface area contributed by atoms with Gasteiger partial charge in [0.25, 0.3) is 0 Å². The van der Waals surface area contributed by atoms with Crippen molar-refractivity contribution in [2.24, 2.45) is 0 Å². The Kier molecular flexibility index (Phi) is 4.65. The molecule has 0 radical (unpaired) electrons. The minimum Gasteiger partial charge on any atom is -0.369 e. The van der Waals surface area contributed by atoms with Gasteiger partial charge in [-0.2, -0.15) is 5.10 Å². The van der Waals surface area contributed by atoms with E-state index in [-0.39, 0.29) is 0 Å². The first-order valence-corrected chi connectivity index (χ1v) is 10.5. The average molecular weight is 373 g/mol. The monoisotopic (exact) mass is 372 g/mol. The largest absolute Gasteiger partial charge is 0.369 e. The summed E-state index contributed by atoms with van der Waals surface area (Å²) in [6.45, 7) is 6.48. The van der Waals surface area contributed by atoms with Gasteiger partial charge < -0.3 is 5.32 Å².